The number of halogens is 5. The molecule has 0 unspecified atom stereocenters. The lowest BCUT2D eigenvalue weighted by Gasteiger charge is -2.28. The maximum Gasteiger partial charge on any atom is 0.490 e. The monoisotopic (exact) mass is 635 g/mol. The molecule has 0 fully saturated rings. The Kier molecular flexibility index (Phi) is 11.8. The summed E-state index contributed by atoms with van der Waals surface area (Å²) in [5.74, 6) is -5.69. The maximum absolute atomic E-state index is 13.7. The van der Waals surface area contributed by atoms with Gasteiger partial charge in [-0.25, -0.2) is 18.6 Å². The SMILES string of the molecule is CSc1cc(F)c(F)cc1-c1ccc(OCc2nc(C(=O)N(CC(=O)O)CC(C)(C)N)cs2)cc1.O=C(O)C(F)(F)F. The smallest absolute Gasteiger partial charge is 0.486 e. The molecule has 1 aromatic heterocycles. The Morgan fingerprint density at radius 3 is 2.14 bits per heavy atom. The number of hydrogen-bond acceptors (Lipinski definition) is 8. The normalized spacial score (nSPS) is 11.4. The summed E-state index contributed by atoms with van der Waals surface area (Å²) in [5, 5.41) is 18.3. The van der Waals surface area contributed by atoms with Crippen LogP contribution in [0.25, 0.3) is 11.1 Å². The first-order chi connectivity index (χ1) is 19.4. The van der Waals surface area contributed by atoms with Crippen LogP contribution in [0.2, 0.25) is 0 Å². The number of nitrogens with two attached hydrogens (primary N) is 1. The highest BCUT2D eigenvalue weighted by Gasteiger charge is 2.38. The quantitative estimate of drug-likeness (QED) is 0.200. The van der Waals surface area contributed by atoms with E-state index in [9.17, 15) is 31.5 Å². The molecule has 1 amide bonds. The van der Waals surface area contributed by atoms with Gasteiger partial charge in [-0.1, -0.05) is 12.1 Å². The summed E-state index contributed by atoms with van der Waals surface area (Å²) in [4.78, 5) is 38.9. The predicted molar refractivity (Wildman–Crippen MR) is 146 cm³/mol. The number of carbonyl (C=O) groups is 3. The summed E-state index contributed by atoms with van der Waals surface area (Å²) >= 11 is 2.54. The van der Waals surface area contributed by atoms with Crippen molar-refractivity contribution < 1.29 is 51.3 Å². The van der Waals surface area contributed by atoms with E-state index >= 15 is 0 Å². The number of amides is 1. The second kappa shape index (κ2) is 14.4. The Bertz CT molecular complexity index is 1410. The van der Waals surface area contributed by atoms with E-state index in [0.717, 1.165) is 4.90 Å². The van der Waals surface area contributed by atoms with Crippen LogP contribution in [-0.4, -0.2) is 69.0 Å². The van der Waals surface area contributed by atoms with Gasteiger partial charge in [0.05, 0.1) is 0 Å². The first-order valence-corrected chi connectivity index (χ1v) is 13.8. The van der Waals surface area contributed by atoms with Gasteiger partial charge in [-0.2, -0.15) is 13.2 Å². The summed E-state index contributed by atoms with van der Waals surface area (Å²) in [7, 11) is 0. The molecule has 9 nitrogen and oxygen atoms in total. The first-order valence-electron chi connectivity index (χ1n) is 11.7. The Morgan fingerprint density at radius 2 is 1.64 bits per heavy atom. The van der Waals surface area contributed by atoms with E-state index < -0.39 is 47.7 Å². The first kappa shape index (κ1) is 34.4. The highest BCUT2D eigenvalue weighted by molar-refractivity contribution is 7.98. The lowest BCUT2D eigenvalue weighted by atomic mass is 10.1. The fourth-order valence-electron chi connectivity index (χ4n) is 3.29. The second-order valence-corrected chi connectivity index (χ2v) is 11.0. The van der Waals surface area contributed by atoms with Crippen LogP contribution in [-0.2, 0) is 16.2 Å². The number of aromatic nitrogens is 1. The van der Waals surface area contributed by atoms with Crippen molar-refractivity contribution in [3.63, 3.8) is 0 Å². The van der Waals surface area contributed by atoms with Crippen LogP contribution >= 0.6 is 23.1 Å². The van der Waals surface area contributed by atoms with Crippen molar-refractivity contribution in [1.82, 2.24) is 9.88 Å². The Hall–Kier alpha value is -3.76. The molecule has 228 valence electrons. The minimum absolute atomic E-state index is 0.0596. The van der Waals surface area contributed by atoms with Crippen LogP contribution in [0.3, 0.4) is 0 Å². The molecule has 3 rings (SSSR count). The van der Waals surface area contributed by atoms with Crippen LogP contribution in [0.15, 0.2) is 46.7 Å². The molecule has 16 heteroatoms. The Labute approximate surface area is 245 Å². The predicted octanol–water partition coefficient (Wildman–Crippen LogP) is 5.29. The van der Waals surface area contributed by atoms with Crippen LogP contribution in [0, 0.1) is 11.6 Å². The summed E-state index contributed by atoms with van der Waals surface area (Å²) in [6, 6.07) is 9.25. The summed E-state index contributed by atoms with van der Waals surface area (Å²) in [5.41, 5.74) is 6.61. The average molecular weight is 636 g/mol. The van der Waals surface area contributed by atoms with E-state index in [1.165, 1.54) is 35.2 Å². The van der Waals surface area contributed by atoms with Crippen LogP contribution in [0.4, 0.5) is 22.0 Å². The van der Waals surface area contributed by atoms with Gasteiger partial charge in [-0.05, 0) is 55.5 Å². The standard InChI is InChI=1S/C24H25F2N3O4S2.C2HF3O2/c1-24(2,27)13-29(10-22(30)31)23(32)19-12-35-21(28-19)11-33-15-6-4-14(5-7-15)16-8-17(25)18(26)9-20(16)34-3;3-2(4,5)1(6)7/h4-9,12H,10-11,13,27H2,1-3H3,(H,30,31);(H,6,7). The van der Waals surface area contributed by atoms with Crippen molar-refractivity contribution in [1.29, 1.82) is 0 Å². The fourth-order valence-corrected chi connectivity index (χ4v) is 4.59. The zero-order valence-electron chi connectivity index (χ0n) is 22.4. The lowest BCUT2D eigenvalue weighted by Crippen LogP contribution is -2.49. The molecule has 0 radical (unpaired) electrons. The molecule has 3 aromatic rings. The van der Waals surface area contributed by atoms with E-state index in [1.807, 2.05) is 0 Å². The van der Waals surface area contributed by atoms with Crippen molar-refractivity contribution in [3.8, 4) is 16.9 Å². The molecule has 0 bridgehead atoms. The number of aliphatic carboxylic acids is 2. The number of hydrogen-bond donors (Lipinski definition) is 3. The molecule has 0 atom stereocenters. The highest BCUT2D eigenvalue weighted by Crippen LogP contribution is 2.33. The van der Waals surface area contributed by atoms with E-state index in [4.69, 9.17) is 25.5 Å². The van der Waals surface area contributed by atoms with E-state index in [2.05, 4.69) is 4.98 Å². The zero-order valence-corrected chi connectivity index (χ0v) is 24.0. The van der Waals surface area contributed by atoms with E-state index in [1.54, 1.807) is 49.7 Å². The number of nitrogens with zero attached hydrogens (tertiary/aromatic N) is 2. The number of ether oxygens (including phenoxy) is 1. The molecule has 0 saturated heterocycles. The van der Waals surface area contributed by atoms with Gasteiger partial charge in [0, 0.05) is 22.4 Å². The molecular formula is C26H26F5N3O6S2. The number of benzene rings is 2. The van der Waals surface area contributed by atoms with Gasteiger partial charge in [0.25, 0.3) is 5.91 Å². The molecule has 0 aliphatic heterocycles. The number of thiazole rings is 1. The average Bonchev–Trinajstić information content (AvgIpc) is 3.36. The molecule has 0 spiro atoms. The topological polar surface area (TPSA) is 143 Å². The van der Waals surface area contributed by atoms with Crippen LogP contribution in [0.1, 0.15) is 29.3 Å². The highest BCUT2D eigenvalue weighted by atomic mass is 32.2. The maximum atomic E-state index is 13.7. The van der Waals surface area contributed by atoms with Crippen molar-refractivity contribution in [2.24, 2.45) is 5.73 Å². The number of thioether (sulfide) groups is 1. The Morgan fingerprint density at radius 1 is 1.07 bits per heavy atom. The molecule has 0 aliphatic carbocycles. The number of carboxylic acids is 2. The third-order valence-corrected chi connectivity index (χ3v) is 6.60. The van der Waals surface area contributed by atoms with Gasteiger partial charge in [-0.15, -0.1) is 23.1 Å². The number of rotatable bonds is 10. The van der Waals surface area contributed by atoms with Crippen LogP contribution < -0.4 is 10.5 Å². The fraction of sp³-hybridized carbons (Fsp3) is 0.308. The van der Waals surface area contributed by atoms with Gasteiger partial charge >= 0.3 is 18.1 Å². The summed E-state index contributed by atoms with van der Waals surface area (Å²) in [6.07, 6.45) is -3.29. The zero-order chi connectivity index (χ0) is 31.8. The van der Waals surface area contributed by atoms with E-state index in [-0.39, 0.29) is 18.8 Å². The number of alkyl halides is 3. The van der Waals surface area contributed by atoms with Gasteiger partial charge in [0.15, 0.2) is 11.6 Å². The van der Waals surface area contributed by atoms with E-state index in [0.29, 0.717) is 26.8 Å². The molecule has 1 heterocycles. The molecule has 0 aliphatic rings. The molecule has 4 N–H and O–H groups in total. The number of carboxylic acid groups (broad SMARTS) is 2. The number of carbonyl (C=O) groups excluding carboxylic acids is 1. The Balaban J connectivity index is 0.000000782. The van der Waals surface area contributed by atoms with Crippen molar-refractivity contribution in [2.75, 3.05) is 19.3 Å². The second-order valence-electron chi connectivity index (χ2n) is 9.25. The minimum Gasteiger partial charge on any atom is -0.486 e. The molecule has 0 saturated carbocycles. The molecule has 2 aromatic carbocycles. The van der Waals surface area contributed by atoms with Crippen molar-refractivity contribution >= 4 is 40.9 Å². The van der Waals surface area contributed by atoms with Gasteiger partial charge in [0.2, 0.25) is 0 Å². The van der Waals surface area contributed by atoms with Crippen molar-refractivity contribution in [2.45, 2.75) is 37.1 Å². The van der Waals surface area contributed by atoms with Crippen molar-refractivity contribution in [3.05, 3.63) is 64.1 Å². The third-order valence-electron chi connectivity index (χ3n) is 5.00. The third kappa shape index (κ3) is 10.6. The van der Waals surface area contributed by atoms with Crippen LogP contribution in [0.5, 0.6) is 5.75 Å². The molecule has 42 heavy (non-hydrogen) atoms. The van der Waals surface area contributed by atoms with Gasteiger partial charge < -0.3 is 25.6 Å². The largest absolute Gasteiger partial charge is 0.490 e. The minimum atomic E-state index is -5.08. The van der Waals surface area contributed by atoms with Gasteiger partial charge in [0.1, 0.15) is 29.6 Å². The van der Waals surface area contributed by atoms with Gasteiger partial charge in [-0.3, -0.25) is 9.59 Å². The molecular weight excluding hydrogens is 609 g/mol. The summed E-state index contributed by atoms with van der Waals surface area (Å²) in [6.45, 7) is 3.08. The lowest BCUT2D eigenvalue weighted by molar-refractivity contribution is -0.192. The summed E-state index contributed by atoms with van der Waals surface area (Å²) < 4.78 is 64.8.